The van der Waals surface area contributed by atoms with Gasteiger partial charge in [-0.25, -0.2) is 0 Å². The molecule has 1 amide bonds. The first-order valence-electron chi connectivity index (χ1n) is 15.2. The van der Waals surface area contributed by atoms with Gasteiger partial charge in [-0.1, -0.05) is 37.0 Å². The summed E-state index contributed by atoms with van der Waals surface area (Å²) in [5.74, 6) is -1.25. The molecule has 2 aliphatic carbocycles. The van der Waals surface area contributed by atoms with Gasteiger partial charge in [0.25, 0.3) is 5.91 Å². The topological polar surface area (TPSA) is 93.5 Å². The van der Waals surface area contributed by atoms with Crippen LogP contribution in [0.3, 0.4) is 0 Å². The number of esters is 1. The molecule has 1 unspecified atom stereocenters. The van der Waals surface area contributed by atoms with Crippen LogP contribution in [0.15, 0.2) is 18.3 Å². The van der Waals surface area contributed by atoms with Crippen molar-refractivity contribution in [2.75, 3.05) is 6.61 Å². The molecule has 2 fully saturated rings. The number of hydrogen-bond donors (Lipinski definition) is 2. The van der Waals surface area contributed by atoms with Gasteiger partial charge in [0, 0.05) is 27.6 Å². The summed E-state index contributed by atoms with van der Waals surface area (Å²) < 4.78 is 49.8. The minimum Gasteiger partial charge on any atom is -0.466 e. The maximum absolute atomic E-state index is 14.6. The number of aryl methyl sites for hydroxylation is 1. The number of aliphatic hydroxyl groups excluding tert-OH is 1. The normalized spacial score (nSPS) is 24.0. The standard InChI is InChI=1S/C32H42Cl2F3N3O4/c1-6-44-28(43)30(5)9-7-20(8-10-30)40-26(32(35,36)37)21(18-38-40)27(42)39-31(13-11-29(3,4)12-14-31)17-24(41)25-22(33)15-19(2)16-23(25)34/h15-16,18,20,24,41H,6-14,17H2,1-5H3,(H,39,42). The number of benzene rings is 1. The number of alkyl halides is 3. The summed E-state index contributed by atoms with van der Waals surface area (Å²) in [5, 5.41) is 18.9. The van der Waals surface area contributed by atoms with Crippen LogP contribution >= 0.6 is 23.2 Å². The van der Waals surface area contributed by atoms with E-state index in [1.165, 1.54) is 0 Å². The first kappa shape index (κ1) is 34.6. The average Bonchev–Trinajstić information content (AvgIpc) is 3.37. The fraction of sp³-hybridized carbons (Fsp3) is 0.656. The Morgan fingerprint density at radius 2 is 1.66 bits per heavy atom. The summed E-state index contributed by atoms with van der Waals surface area (Å²) in [5.41, 5.74) is -2.34. The summed E-state index contributed by atoms with van der Waals surface area (Å²) in [6.07, 6.45) is -1.45. The lowest BCUT2D eigenvalue weighted by atomic mass is 9.67. The lowest BCUT2D eigenvalue weighted by Gasteiger charge is -2.45. The highest BCUT2D eigenvalue weighted by Gasteiger charge is 2.47. The van der Waals surface area contributed by atoms with Gasteiger partial charge in [0.1, 0.15) is 0 Å². The van der Waals surface area contributed by atoms with Gasteiger partial charge in [0.2, 0.25) is 0 Å². The SMILES string of the molecule is CCOC(=O)C1(C)CCC(n2ncc(C(=O)NC3(CC(O)c4c(Cl)cc(C)cc4Cl)CCC(C)(C)CC3)c2C(F)(F)F)CC1. The fourth-order valence-electron chi connectivity index (χ4n) is 6.68. The molecule has 7 nitrogen and oxygen atoms in total. The third-order valence-corrected chi connectivity index (χ3v) is 10.2. The molecule has 244 valence electrons. The molecule has 1 aromatic heterocycles. The largest absolute Gasteiger partial charge is 0.466 e. The van der Waals surface area contributed by atoms with E-state index in [2.05, 4.69) is 24.3 Å². The molecule has 2 aromatic rings. The minimum absolute atomic E-state index is 0.0284. The first-order valence-corrected chi connectivity index (χ1v) is 15.9. The van der Waals surface area contributed by atoms with Crippen LogP contribution in [0.25, 0.3) is 0 Å². The van der Waals surface area contributed by atoms with Gasteiger partial charge < -0.3 is 15.2 Å². The first-order chi connectivity index (χ1) is 20.4. The Morgan fingerprint density at radius 3 is 2.18 bits per heavy atom. The van der Waals surface area contributed by atoms with Crippen LogP contribution < -0.4 is 5.32 Å². The van der Waals surface area contributed by atoms with Crippen LogP contribution in [0.5, 0.6) is 0 Å². The Morgan fingerprint density at radius 1 is 1.09 bits per heavy atom. The predicted octanol–water partition coefficient (Wildman–Crippen LogP) is 8.39. The molecule has 44 heavy (non-hydrogen) atoms. The number of nitrogens with zero attached hydrogens (tertiary/aromatic N) is 2. The Labute approximate surface area is 266 Å². The van der Waals surface area contributed by atoms with Crippen LogP contribution in [0.4, 0.5) is 13.2 Å². The number of ether oxygens (including phenoxy) is 1. The van der Waals surface area contributed by atoms with Gasteiger partial charge >= 0.3 is 12.1 Å². The Bertz CT molecular complexity index is 1350. The van der Waals surface area contributed by atoms with Crippen LogP contribution in [-0.4, -0.2) is 38.9 Å². The number of amides is 1. The van der Waals surface area contributed by atoms with E-state index in [9.17, 15) is 27.9 Å². The zero-order chi connectivity index (χ0) is 32.7. The van der Waals surface area contributed by atoms with Gasteiger partial charge in [-0.05, 0) is 95.2 Å². The maximum atomic E-state index is 14.6. The minimum atomic E-state index is -4.85. The molecule has 0 radical (unpaired) electrons. The second-order valence-corrected chi connectivity index (χ2v) is 14.4. The molecule has 1 atom stereocenters. The molecule has 0 saturated heterocycles. The molecule has 1 aromatic carbocycles. The van der Waals surface area contributed by atoms with Crippen LogP contribution in [0.1, 0.15) is 125 Å². The van der Waals surface area contributed by atoms with Gasteiger partial charge in [0.05, 0.1) is 35.9 Å². The van der Waals surface area contributed by atoms with Gasteiger partial charge in [-0.2, -0.15) is 18.3 Å². The summed E-state index contributed by atoms with van der Waals surface area (Å²) in [4.78, 5) is 26.2. The van der Waals surface area contributed by atoms with Gasteiger partial charge in [-0.15, -0.1) is 0 Å². The zero-order valence-corrected chi connectivity index (χ0v) is 27.4. The lowest BCUT2D eigenvalue weighted by Crippen LogP contribution is -2.52. The molecule has 2 aliphatic rings. The van der Waals surface area contributed by atoms with E-state index in [0.29, 0.717) is 44.1 Å². The molecule has 0 aliphatic heterocycles. The van der Waals surface area contributed by atoms with Crippen molar-refractivity contribution in [3.05, 3.63) is 50.8 Å². The highest BCUT2D eigenvalue weighted by Crippen LogP contribution is 2.47. The summed E-state index contributed by atoms with van der Waals surface area (Å²) in [7, 11) is 0. The average molecular weight is 661 g/mol. The molecule has 2 saturated carbocycles. The number of carbonyl (C=O) groups is 2. The quantitative estimate of drug-likeness (QED) is 0.278. The van der Waals surface area contributed by atoms with Crippen molar-refractivity contribution >= 4 is 35.1 Å². The van der Waals surface area contributed by atoms with Crippen LogP contribution in [0, 0.1) is 17.8 Å². The Balaban J connectivity index is 1.62. The lowest BCUT2D eigenvalue weighted by molar-refractivity contribution is -0.157. The molecule has 0 spiro atoms. The molecule has 12 heteroatoms. The van der Waals surface area contributed by atoms with Crippen LogP contribution in [0.2, 0.25) is 10.0 Å². The number of nitrogens with one attached hydrogen (secondary N) is 1. The smallest absolute Gasteiger partial charge is 0.433 e. The van der Waals surface area contributed by atoms with Crippen molar-refractivity contribution in [1.82, 2.24) is 15.1 Å². The number of aromatic nitrogens is 2. The number of hydrogen-bond acceptors (Lipinski definition) is 5. The maximum Gasteiger partial charge on any atom is 0.433 e. The van der Waals surface area contributed by atoms with E-state index in [-0.39, 0.29) is 47.3 Å². The van der Waals surface area contributed by atoms with Crippen LogP contribution in [-0.2, 0) is 15.7 Å². The highest BCUT2D eigenvalue weighted by molar-refractivity contribution is 6.36. The summed E-state index contributed by atoms with van der Waals surface area (Å²) >= 11 is 12.9. The Hall–Kier alpha value is -2.30. The van der Waals surface area contributed by atoms with E-state index < -0.39 is 46.4 Å². The number of aliphatic hydroxyl groups is 1. The highest BCUT2D eigenvalue weighted by atomic mass is 35.5. The molecular formula is C32H42Cl2F3N3O4. The van der Waals surface area contributed by atoms with Crippen molar-refractivity contribution in [2.24, 2.45) is 10.8 Å². The summed E-state index contributed by atoms with van der Waals surface area (Å²) in [6.45, 7) is 9.74. The second-order valence-electron chi connectivity index (χ2n) is 13.6. The fourth-order valence-corrected chi connectivity index (χ4v) is 7.52. The molecule has 1 heterocycles. The van der Waals surface area contributed by atoms with Gasteiger partial charge in [0.15, 0.2) is 5.69 Å². The zero-order valence-electron chi connectivity index (χ0n) is 25.9. The van der Waals surface area contributed by atoms with E-state index in [1.54, 1.807) is 26.0 Å². The molecule has 4 rings (SSSR count). The van der Waals surface area contributed by atoms with Crippen molar-refractivity contribution in [1.29, 1.82) is 0 Å². The third kappa shape index (κ3) is 7.39. The van der Waals surface area contributed by atoms with E-state index in [0.717, 1.165) is 16.4 Å². The van der Waals surface area contributed by atoms with Crippen molar-refractivity contribution in [2.45, 2.75) is 116 Å². The monoisotopic (exact) mass is 659 g/mol. The predicted molar refractivity (Wildman–Crippen MR) is 163 cm³/mol. The number of carbonyl (C=O) groups excluding carboxylic acids is 2. The molecule has 2 N–H and O–H groups in total. The van der Waals surface area contributed by atoms with Gasteiger partial charge in [-0.3, -0.25) is 14.3 Å². The number of halogens is 5. The van der Waals surface area contributed by atoms with E-state index in [4.69, 9.17) is 27.9 Å². The van der Waals surface area contributed by atoms with Crippen molar-refractivity contribution in [3.8, 4) is 0 Å². The second kappa shape index (κ2) is 12.8. The number of rotatable bonds is 8. The Kier molecular flexibility index (Phi) is 10.1. The molecule has 0 bridgehead atoms. The third-order valence-electron chi connectivity index (χ3n) is 9.56. The van der Waals surface area contributed by atoms with E-state index >= 15 is 0 Å². The summed E-state index contributed by atoms with van der Waals surface area (Å²) in [6, 6.07) is 2.74. The van der Waals surface area contributed by atoms with Crippen molar-refractivity contribution < 1.29 is 32.6 Å². The van der Waals surface area contributed by atoms with Crippen molar-refractivity contribution in [3.63, 3.8) is 0 Å². The van der Waals surface area contributed by atoms with E-state index in [1.807, 2.05) is 6.92 Å². The molecular weight excluding hydrogens is 618 g/mol.